The van der Waals surface area contributed by atoms with Crippen LogP contribution in [0.2, 0.25) is 0 Å². The van der Waals surface area contributed by atoms with E-state index in [-0.39, 0.29) is 5.75 Å². The Bertz CT molecular complexity index is 492. The number of ether oxygens (including phenoxy) is 1. The second-order valence-electron chi connectivity index (χ2n) is 6.24. The second-order valence-corrected chi connectivity index (χ2v) is 6.24. The van der Waals surface area contributed by atoms with Crippen LogP contribution in [-0.4, -0.2) is 17.7 Å². The number of benzene rings is 1. The van der Waals surface area contributed by atoms with Crippen molar-refractivity contribution in [1.29, 1.82) is 0 Å². The normalized spacial score (nSPS) is 15.8. The van der Waals surface area contributed by atoms with Gasteiger partial charge in [-0.15, -0.1) is 0 Å². The highest BCUT2D eigenvalue weighted by Gasteiger charge is 2.27. The zero-order valence-corrected chi connectivity index (χ0v) is 12.0. The molecule has 3 nitrogen and oxygen atoms in total. The number of aliphatic carboxylic acids is 1. The molecule has 0 bridgehead atoms. The lowest BCUT2D eigenvalue weighted by atomic mass is 9.86. The molecule has 1 aromatic rings. The second kappa shape index (κ2) is 5.81. The molecule has 1 aromatic carbocycles. The summed E-state index contributed by atoms with van der Waals surface area (Å²) in [5.74, 6) is -0.486. The molecular weight excluding hydrogens is 259 g/mol. The molecule has 110 valence electrons. The van der Waals surface area contributed by atoms with Crippen molar-refractivity contribution in [2.75, 3.05) is 6.61 Å². The summed E-state index contributed by atoms with van der Waals surface area (Å²) in [6.45, 7) is 3.83. The van der Waals surface area contributed by atoms with Crippen LogP contribution in [0, 0.1) is 17.2 Å². The Balaban J connectivity index is 1.99. The zero-order chi connectivity index (χ0) is 14.8. The molecule has 2 rings (SSSR count). The number of hydrogen-bond acceptors (Lipinski definition) is 2. The van der Waals surface area contributed by atoms with Crippen molar-refractivity contribution in [3.05, 3.63) is 29.6 Å². The Morgan fingerprint density at radius 3 is 2.65 bits per heavy atom. The summed E-state index contributed by atoms with van der Waals surface area (Å²) >= 11 is 0. The zero-order valence-electron chi connectivity index (χ0n) is 12.0. The molecule has 0 radical (unpaired) electrons. The van der Waals surface area contributed by atoms with Crippen LogP contribution in [-0.2, 0) is 11.2 Å². The number of rotatable bonds is 6. The fraction of sp³-hybridized carbons (Fsp3) is 0.562. The lowest BCUT2D eigenvalue weighted by Crippen LogP contribution is -2.26. The predicted octanol–water partition coefficient (Wildman–Crippen LogP) is 3.66. The lowest BCUT2D eigenvalue weighted by molar-refractivity contribution is -0.146. The standard InChI is InChI=1S/C16H21FO3/c1-16(2,15(18)19)9-12-6-7-14(13(17)8-12)20-10-11-4-3-5-11/h6-8,11H,3-5,9-10H2,1-2H3,(H,18,19). The highest BCUT2D eigenvalue weighted by atomic mass is 19.1. The molecule has 1 fully saturated rings. The number of hydrogen-bond donors (Lipinski definition) is 1. The first kappa shape index (κ1) is 14.8. The average molecular weight is 280 g/mol. The van der Waals surface area contributed by atoms with Crippen molar-refractivity contribution in [3.8, 4) is 5.75 Å². The molecule has 0 aromatic heterocycles. The summed E-state index contributed by atoms with van der Waals surface area (Å²) in [4.78, 5) is 11.1. The van der Waals surface area contributed by atoms with Gasteiger partial charge in [0.15, 0.2) is 11.6 Å². The maximum Gasteiger partial charge on any atom is 0.309 e. The lowest BCUT2D eigenvalue weighted by Gasteiger charge is -2.25. The number of halogens is 1. The van der Waals surface area contributed by atoms with Crippen LogP contribution < -0.4 is 4.74 Å². The molecule has 0 spiro atoms. The van der Waals surface area contributed by atoms with Gasteiger partial charge in [-0.25, -0.2) is 4.39 Å². The Labute approximate surface area is 118 Å². The molecule has 1 N–H and O–H groups in total. The predicted molar refractivity (Wildman–Crippen MR) is 74.4 cm³/mol. The Kier molecular flexibility index (Phi) is 4.31. The van der Waals surface area contributed by atoms with E-state index in [4.69, 9.17) is 9.84 Å². The maximum atomic E-state index is 13.9. The molecule has 0 amide bonds. The SMILES string of the molecule is CC(C)(Cc1ccc(OCC2CCC2)c(F)c1)C(=O)O. The third kappa shape index (κ3) is 3.50. The van der Waals surface area contributed by atoms with E-state index < -0.39 is 17.2 Å². The van der Waals surface area contributed by atoms with Gasteiger partial charge < -0.3 is 9.84 Å². The molecule has 0 atom stereocenters. The third-order valence-corrected chi connectivity index (χ3v) is 3.92. The molecule has 4 heteroatoms. The van der Waals surface area contributed by atoms with Gasteiger partial charge in [0.25, 0.3) is 0 Å². The van der Waals surface area contributed by atoms with E-state index in [9.17, 15) is 9.18 Å². The fourth-order valence-electron chi connectivity index (χ4n) is 2.22. The van der Waals surface area contributed by atoms with Gasteiger partial charge in [0, 0.05) is 0 Å². The Hall–Kier alpha value is -1.58. The number of carbonyl (C=O) groups is 1. The van der Waals surface area contributed by atoms with Gasteiger partial charge in [-0.2, -0.15) is 0 Å². The number of carboxylic acid groups (broad SMARTS) is 1. The van der Waals surface area contributed by atoms with Crippen LogP contribution in [0.15, 0.2) is 18.2 Å². The summed E-state index contributed by atoms with van der Waals surface area (Å²) in [5, 5.41) is 9.09. The molecule has 0 heterocycles. The van der Waals surface area contributed by atoms with Crippen molar-refractivity contribution in [2.24, 2.45) is 11.3 Å². The monoisotopic (exact) mass is 280 g/mol. The summed E-state index contributed by atoms with van der Waals surface area (Å²) in [6, 6.07) is 4.71. The summed E-state index contributed by atoms with van der Waals surface area (Å²) < 4.78 is 19.4. The van der Waals surface area contributed by atoms with Gasteiger partial charge in [0.1, 0.15) is 0 Å². The largest absolute Gasteiger partial charge is 0.490 e. The molecule has 1 aliphatic carbocycles. The van der Waals surface area contributed by atoms with E-state index in [0.29, 0.717) is 24.5 Å². The van der Waals surface area contributed by atoms with Crippen LogP contribution in [0.4, 0.5) is 4.39 Å². The first-order valence-electron chi connectivity index (χ1n) is 7.03. The van der Waals surface area contributed by atoms with Gasteiger partial charge in [-0.1, -0.05) is 12.5 Å². The van der Waals surface area contributed by atoms with E-state index >= 15 is 0 Å². The van der Waals surface area contributed by atoms with Gasteiger partial charge in [-0.3, -0.25) is 4.79 Å². The quantitative estimate of drug-likeness (QED) is 0.865. The Morgan fingerprint density at radius 1 is 1.45 bits per heavy atom. The molecule has 1 aliphatic rings. The minimum Gasteiger partial charge on any atom is -0.490 e. The van der Waals surface area contributed by atoms with Crippen LogP contribution >= 0.6 is 0 Å². The number of carboxylic acids is 1. The topological polar surface area (TPSA) is 46.5 Å². The molecule has 0 unspecified atom stereocenters. The van der Waals surface area contributed by atoms with Crippen molar-refractivity contribution < 1.29 is 19.0 Å². The summed E-state index contributed by atoms with van der Waals surface area (Å²) in [6.07, 6.45) is 3.85. The minimum absolute atomic E-state index is 0.258. The van der Waals surface area contributed by atoms with Crippen molar-refractivity contribution >= 4 is 5.97 Å². The van der Waals surface area contributed by atoms with E-state index in [1.54, 1.807) is 26.0 Å². The van der Waals surface area contributed by atoms with Crippen LogP contribution in [0.5, 0.6) is 5.75 Å². The van der Waals surface area contributed by atoms with Crippen LogP contribution in [0.25, 0.3) is 0 Å². The van der Waals surface area contributed by atoms with Gasteiger partial charge in [-0.05, 0) is 56.7 Å². The smallest absolute Gasteiger partial charge is 0.309 e. The van der Waals surface area contributed by atoms with E-state index in [0.717, 1.165) is 12.8 Å². The van der Waals surface area contributed by atoms with Gasteiger partial charge in [0.05, 0.1) is 12.0 Å². The van der Waals surface area contributed by atoms with Crippen LogP contribution in [0.1, 0.15) is 38.7 Å². The first-order chi connectivity index (χ1) is 9.38. The maximum absolute atomic E-state index is 13.9. The van der Waals surface area contributed by atoms with E-state index in [2.05, 4.69) is 0 Å². The average Bonchev–Trinajstić information content (AvgIpc) is 2.29. The van der Waals surface area contributed by atoms with Gasteiger partial charge in [0.2, 0.25) is 0 Å². The first-order valence-corrected chi connectivity index (χ1v) is 7.03. The fourth-order valence-corrected chi connectivity index (χ4v) is 2.22. The third-order valence-electron chi connectivity index (χ3n) is 3.92. The molecular formula is C16H21FO3. The molecule has 0 aliphatic heterocycles. The van der Waals surface area contributed by atoms with Crippen molar-refractivity contribution in [3.63, 3.8) is 0 Å². The molecule has 1 saturated carbocycles. The Morgan fingerprint density at radius 2 is 2.15 bits per heavy atom. The summed E-state index contributed by atoms with van der Waals surface area (Å²) in [7, 11) is 0. The van der Waals surface area contributed by atoms with Crippen molar-refractivity contribution in [1.82, 2.24) is 0 Å². The van der Waals surface area contributed by atoms with E-state index in [1.165, 1.54) is 12.5 Å². The minimum atomic E-state index is -0.902. The molecule has 20 heavy (non-hydrogen) atoms. The van der Waals surface area contributed by atoms with Gasteiger partial charge >= 0.3 is 5.97 Å². The molecule has 0 saturated heterocycles. The van der Waals surface area contributed by atoms with Crippen molar-refractivity contribution in [2.45, 2.75) is 39.5 Å². The highest BCUT2D eigenvalue weighted by molar-refractivity contribution is 5.74. The highest BCUT2D eigenvalue weighted by Crippen LogP contribution is 2.29. The summed E-state index contributed by atoms with van der Waals surface area (Å²) in [5.41, 5.74) is -0.230. The van der Waals surface area contributed by atoms with Crippen LogP contribution in [0.3, 0.4) is 0 Å². The van der Waals surface area contributed by atoms with E-state index in [1.807, 2.05) is 0 Å².